The summed E-state index contributed by atoms with van der Waals surface area (Å²) in [5.74, 6) is 0.911. The molecule has 0 spiro atoms. The van der Waals surface area contributed by atoms with Crippen molar-refractivity contribution in [3.8, 4) is 0 Å². The number of fused-ring (bicyclic) bond motifs is 1. The smallest absolute Gasteiger partial charge is 0.345 e. The van der Waals surface area contributed by atoms with Gasteiger partial charge in [0.25, 0.3) is 0 Å². The Morgan fingerprint density at radius 3 is 3.00 bits per heavy atom. The molecule has 1 N–H and O–H groups in total. The lowest BCUT2D eigenvalue weighted by Gasteiger charge is -2.16. The number of aryl methyl sites for hydroxylation is 3. The highest BCUT2D eigenvalue weighted by molar-refractivity contribution is 5.76. The minimum absolute atomic E-state index is 0.0250. The maximum absolute atomic E-state index is 12.3. The molecule has 0 saturated heterocycles. The van der Waals surface area contributed by atoms with E-state index in [1.807, 2.05) is 23.9 Å². The van der Waals surface area contributed by atoms with Crippen molar-refractivity contribution in [3.05, 3.63) is 34.8 Å². The molecule has 3 rings (SSSR count). The Bertz CT molecular complexity index is 746. The molecule has 0 radical (unpaired) electrons. The molecule has 0 fully saturated rings. The van der Waals surface area contributed by atoms with Gasteiger partial charge < -0.3 is 5.32 Å². The topological polar surface area (TPSA) is 86.7 Å². The van der Waals surface area contributed by atoms with Crippen molar-refractivity contribution in [3.63, 3.8) is 0 Å². The number of amides is 1. The van der Waals surface area contributed by atoms with Gasteiger partial charge in [0.15, 0.2) is 0 Å². The Kier molecular flexibility index (Phi) is 5.67. The van der Waals surface area contributed by atoms with Gasteiger partial charge in [-0.2, -0.15) is 10.2 Å². The first-order chi connectivity index (χ1) is 12.2. The van der Waals surface area contributed by atoms with Gasteiger partial charge in [0.1, 0.15) is 5.82 Å². The van der Waals surface area contributed by atoms with Gasteiger partial charge in [-0.3, -0.25) is 14.0 Å². The minimum atomic E-state index is -0.0250. The molecule has 0 bridgehead atoms. The van der Waals surface area contributed by atoms with E-state index in [1.54, 1.807) is 15.4 Å². The average molecular weight is 346 g/mol. The Hall–Kier alpha value is -2.38. The summed E-state index contributed by atoms with van der Waals surface area (Å²) in [6.45, 7) is 4.07. The Morgan fingerprint density at radius 2 is 2.24 bits per heavy atom. The number of rotatable bonds is 7. The van der Waals surface area contributed by atoms with Crippen LogP contribution < -0.4 is 11.0 Å². The second-order valence-corrected chi connectivity index (χ2v) is 6.54. The minimum Gasteiger partial charge on any atom is -0.353 e. The van der Waals surface area contributed by atoms with Crippen LogP contribution in [0.3, 0.4) is 0 Å². The summed E-state index contributed by atoms with van der Waals surface area (Å²) in [7, 11) is 0. The van der Waals surface area contributed by atoms with Gasteiger partial charge in [-0.15, -0.1) is 0 Å². The third-order valence-corrected chi connectivity index (χ3v) is 4.57. The Labute approximate surface area is 146 Å². The van der Waals surface area contributed by atoms with E-state index in [0.29, 0.717) is 19.5 Å². The van der Waals surface area contributed by atoms with E-state index in [-0.39, 0.29) is 17.6 Å². The van der Waals surface area contributed by atoms with Gasteiger partial charge in [-0.25, -0.2) is 9.48 Å². The van der Waals surface area contributed by atoms with Crippen molar-refractivity contribution in [1.82, 2.24) is 29.4 Å². The zero-order valence-corrected chi connectivity index (χ0v) is 14.7. The second kappa shape index (κ2) is 8.13. The fraction of sp³-hybridized carbons (Fsp3) is 0.647. The summed E-state index contributed by atoms with van der Waals surface area (Å²) in [5.41, 5.74) is -0.0250. The molecule has 8 heteroatoms. The van der Waals surface area contributed by atoms with E-state index in [1.165, 1.54) is 0 Å². The lowest BCUT2D eigenvalue weighted by molar-refractivity contribution is -0.122. The van der Waals surface area contributed by atoms with Crippen molar-refractivity contribution < 1.29 is 4.79 Å². The molecule has 25 heavy (non-hydrogen) atoms. The van der Waals surface area contributed by atoms with Crippen LogP contribution in [0, 0.1) is 0 Å². The van der Waals surface area contributed by atoms with Crippen LogP contribution in [-0.4, -0.2) is 36.1 Å². The number of hydrogen-bond donors (Lipinski definition) is 1. The molecule has 1 atom stereocenters. The highest BCUT2D eigenvalue weighted by Gasteiger charge is 2.21. The lowest BCUT2D eigenvalue weighted by atomic mass is 10.1. The average Bonchev–Trinajstić information content (AvgIpc) is 3.15. The predicted molar refractivity (Wildman–Crippen MR) is 93.1 cm³/mol. The third kappa shape index (κ3) is 4.37. The van der Waals surface area contributed by atoms with Crippen LogP contribution in [0.25, 0.3) is 0 Å². The molecule has 1 aliphatic rings. The van der Waals surface area contributed by atoms with Crippen LogP contribution in [0.15, 0.2) is 23.3 Å². The van der Waals surface area contributed by atoms with Crippen LogP contribution >= 0.6 is 0 Å². The van der Waals surface area contributed by atoms with Crippen LogP contribution in [0.1, 0.15) is 44.9 Å². The van der Waals surface area contributed by atoms with E-state index in [2.05, 4.69) is 15.5 Å². The summed E-state index contributed by atoms with van der Waals surface area (Å²) in [4.78, 5) is 24.4. The van der Waals surface area contributed by atoms with Crippen molar-refractivity contribution in [2.24, 2.45) is 0 Å². The number of hydrogen-bond acceptors (Lipinski definition) is 4. The summed E-state index contributed by atoms with van der Waals surface area (Å²) in [5, 5.41) is 11.7. The standard InChI is InChI=1S/C17H26N6O2/c1-2-10-23-17(25)22-13-8-14(6-7-15(22)20-23)19-16(24)5-3-11-21-12-4-9-18-21/h4,9,12,14H,2-3,5-8,10-11,13H2,1H3,(H,19,24). The number of carbonyl (C=O) groups excluding carboxylic acids is 1. The van der Waals surface area contributed by atoms with Crippen LogP contribution in [0.2, 0.25) is 0 Å². The molecule has 8 nitrogen and oxygen atoms in total. The van der Waals surface area contributed by atoms with E-state index in [4.69, 9.17) is 0 Å². The molecule has 136 valence electrons. The van der Waals surface area contributed by atoms with Gasteiger partial charge in [0, 0.05) is 50.9 Å². The lowest BCUT2D eigenvalue weighted by Crippen LogP contribution is -2.35. The van der Waals surface area contributed by atoms with E-state index >= 15 is 0 Å². The maximum Gasteiger partial charge on any atom is 0.345 e. The summed E-state index contributed by atoms with van der Waals surface area (Å²) in [6, 6.07) is 1.99. The molecule has 1 amide bonds. The number of aromatic nitrogens is 5. The van der Waals surface area contributed by atoms with Crippen LogP contribution in [0.4, 0.5) is 0 Å². The van der Waals surface area contributed by atoms with Crippen LogP contribution in [0.5, 0.6) is 0 Å². The molecule has 0 saturated carbocycles. The fourth-order valence-corrected chi connectivity index (χ4v) is 3.26. The zero-order valence-electron chi connectivity index (χ0n) is 14.7. The number of nitrogens with one attached hydrogen (secondary N) is 1. The van der Waals surface area contributed by atoms with Crippen molar-refractivity contribution in [1.29, 1.82) is 0 Å². The zero-order chi connectivity index (χ0) is 17.6. The molecule has 2 aromatic rings. The van der Waals surface area contributed by atoms with E-state index < -0.39 is 0 Å². The van der Waals surface area contributed by atoms with E-state index in [0.717, 1.165) is 44.5 Å². The quantitative estimate of drug-likeness (QED) is 0.809. The summed E-state index contributed by atoms with van der Waals surface area (Å²) < 4.78 is 5.16. The first kappa shape index (κ1) is 17.4. The molecule has 1 aliphatic heterocycles. The normalized spacial score (nSPS) is 17.1. The van der Waals surface area contributed by atoms with Crippen molar-refractivity contribution in [2.75, 3.05) is 0 Å². The SMILES string of the molecule is CCCn1nc2n(c1=O)CCC(NC(=O)CCCn1cccn1)CC2. The highest BCUT2D eigenvalue weighted by atomic mass is 16.2. The van der Waals surface area contributed by atoms with Crippen LogP contribution in [-0.2, 0) is 30.8 Å². The van der Waals surface area contributed by atoms with Gasteiger partial charge in [-0.05, 0) is 31.7 Å². The van der Waals surface area contributed by atoms with Gasteiger partial charge in [0.05, 0.1) is 0 Å². The fourth-order valence-electron chi connectivity index (χ4n) is 3.26. The number of carbonyl (C=O) groups is 1. The molecular formula is C17H26N6O2. The Morgan fingerprint density at radius 1 is 1.36 bits per heavy atom. The predicted octanol–water partition coefficient (Wildman–Crippen LogP) is 0.953. The van der Waals surface area contributed by atoms with Crippen molar-refractivity contribution >= 4 is 5.91 Å². The molecule has 1 unspecified atom stereocenters. The van der Waals surface area contributed by atoms with Gasteiger partial charge >= 0.3 is 5.69 Å². The Balaban J connectivity index is 1.47. The van der Waals surface area contributed by atoms with Crippen molar-refractivity contribution in [2.45, 2.75) is 71.1 Å². The molecule has 2 aromatic heterocycles. The molecule has 0 aliphatic carbocycles. The first-order valence-electron chi connectivity index (χ1n) is 9.10. The van der Waals surface area contributed by atoms with Gasteiger partial charge in [-0.1, -0.05) is 6.92 Å². The summed E-state index contributed by atoms with van der Waals surface area (Å²) >= 11 is 0. The van der Waals surface area contributed by atoms with Gasteiger partial charge in [0.2, 0.25) is 5.91 Å². The monoisotopic (exact) mass is 346 g/mol. The largest absolute Gasteiger partial charge is 0.353 e. The highest BCUT2D eigenvalue weighted by Crippen LogP contribution is 2.12. The third-order valence-electron chi connectivity index (χ3n) is 4.57. The molecule has 3 heterocycles. The maximum atomic E-state index is 12.3. The summed E-state index contributed by atoms with van der Waals surface area (Å²) in [6.07, 6.45) is 8.12. The first-order valence-corrected chi connectivity index (χ1v) is 9.10. The van der Waals surface area contributed by atoms with E-state index in [9.17, 15) is 9.59 Å². The molecular weight excluding hydrogens is 320 g/mol. The molecule has 0 aromatic carbocycles. The number of nitrogens with zero attached hydrogens (tertiary/aromatic N) is 5. The second-order valence-electron chi connectivity index (χ2n) is 6.54.